The van der Waals surface area contributed by atoms with Crippen molar-refractivity contribution in [1.82, 2.24) is 5.32 Å². The third-order valence-corrected chi connectivity index (χ3v) is 4.72. The Balaban J connectivity index is 1.66. The van der Waals surface area contributed by atoms with Crippen molar-refractivity contribution in [3.63, 3.8) is 0 Å². The van der Waals surface area contributed by atoms with Gasteiger partial charge in [-0.15, -0.1) is 11.8 Å². The van der Waals surface area contributed by atoms with Gasteiger partial charge in [-0.25, -0.2) is 0 Å². The minimum absolute atomic E-state index is 0.0434. The number of hydrogen-bond donors (Lipinski definition) is 1. The van der Waals surface area contributed by atoms with Crippen molar-refractivity contribution in [1.29, 1.82) is 0 Å². The van der Waals surface area contributed by atoms with E-state index in [4.69, 9.17) is 0 Å². The average molecular weight is 307 g/mol. The molecular formula is C13H16F3NS2. The molecule has 0 heterocycles. The fourth-order valence-corrected chi connectivity index (χ4v) is 3.03. The van der Waals surface area contributed by atoms with Crippen LogP contribution in [0.1, 0.15) is 18.4 Å². The SMILES string of the molecule is FC(F)(F)SCCSc1ccc(CNC2CC2)cc1. The van der Waals surface area contributed by atoms with Crippen LogP contribution in [0.5, 0.6) is 0 Å². The molecule has 0 amide bonds. The zero-order valence-electron chi connectivity index (χ0n) is 10.4. The van der Waals surface area contributed by atoms with Gasteiger partial charge in [0.1, 0.15) is 0 Å². The molecule has 0 aromatic heterocycles. The van der Waals surface area contributed by atoms with E-state index in [0.717, 1.165) is 11.4 Å². The molecule has 1 N–H and O–H groups in total. The number of hydrogen-bond acceptors (Lipinski definition) is 3. The Bertz CT molecular complexity index is 388. The van der Waals surface area contributed by atoms with Gasteiger partial charge in [0.2, 0.25) is 0 Å². The molecule has 0 aliphatic heterocycles. The van der Waals surface area contributed by atoms with Crippen LogP contribution in [-0.4, -0.2) is 23.1 Å². The molecular weight excluding hydrogens is 291 g/mol. The second kappa shape index (κ2) is 6.90. The molecule has 0 bridgehead atoms. The van der Waals surface area contributed by atoms with E-state index >= 15 is 0 Å². The van der Waals surface area contributed by atoms with Gasteiger partial charge in [-0.1, -0.05) is 23.9 Å². The number of halogens is 3. The summed E-state index contributed by atoms with van der Waals surface area (Å²) in [5.41, 5.74) is -2.89. The molecule has 2 rings (SSSR count). The number of benzene rings is 1. The number of rotatable bonds is 7. The molecule has 1 aliphatic rings. The maximum atomic E-state index is 11.9. The summed E-state index contributed by atoms with van der Waals surface area (Å²) in [4.78, 5) is 1.03. The highest BCUT2D eigenvalue weighted by molar-refractivity contribution is 8.03. The molecule has 1 fully saturated rings. The molecule has 106 valence electrons. The summed E-state index contributed by atoms with van der Waals surface area (Å²) in [5, 5.41) is 3.43. The van der Waals surface area contributed by atoms with E-state index in [-0.39, 0.29) is 17.5 Å². The van der Waals surface area contributed by atoms with Crippen LogP contribution in [0.4, 0.5) is 13.2 Å². The van der Waals surface area contributed by atoms with Crippen molar-refractivity contribution >= 4 is 23.5 Å². The smallest absolute Gasteiger partial charge is 0.310 e. The zero-order valence-corrected chi connectivity index (χ0v) is 12.0. The predicted octanol–water partition coefficient (Wildman–Crippen LogP) is 4.28. The topological polar surface area (TPSA) is 12.0 Å². The van der Waals surface area contributed by atoms with Gasteiger partial charge in [-0.3, -0.25) is 0 Å². The van der Waals surface area contributed by atoms with Crippen LogP contribution in [-0.2, 0) is 6.54 Å². The quantitative estimate of drug-likeness (QED) is 0.596. The monoisotopic (exact) mass is 307 g/mol. The largest absolute Gasteiger partial charge is 0.441 e. The van der Waals surface area contributed by atoms with Crippen molar-refractivity contribution in [3.8, 4) is 0 Å². The highest BCUT2D eigenvalue weighted by Gasteiger charge is 2.27. The lowest BCUT2D eigenvalue weighted by Gasteiger charge is -2.06. The third-order valence-electron chi connectivity index (χ3n) is 2.71. The second-order valence-electron chi connectivity index (χ2n) is 4.44. The van der Waals surface area contributed by atoms with Gasteiger partial charge in [0.15, 0.2) is 0 Å². The van der Waals surface area contributed by atoms with E-state index in [0.29, 0.717) is 11.8 Å². The van der Waals surface area contributed by atoms with E-state index in [9.17, 15) is 13.2 Å². The second-order valence-corrected chi connectivity index (χ2v) is 6.77. The van der Waals surface area contributed by atoms with Crippen molar-refractivity contribution in [3.05, 3.63) is 29.8 Å². The third kappa shape index (κ3) is 6.58. The molecule has 0 unspecified atom stereocenters. The van der Waals surface area contributed by atoms with E-state index in [1.807, 2.05) is 24.3 Å². The van der Waals surface area contributed by atoms with E-state index in [2.05, 4.69) is 5.32 Å². The van der Waals surface area contributed by atoms with Crippen molar-refractivity contribution in [2.24, 2.45) is 0 Å². The highest BCUT2D eigenvalue weighted by atomic mass is 32.2. The van der Waals surface area contributed by atoms with Gasteiger partial charge in [0.25, 0.3) is 0 Å². The summed E-state index contributed by atoms with van der Waals surface area (Å²) < 4.78 is 35.8. The first kappa shape index (κ1) is 15.1. The Morgan fingerprint density at radius 2 is 1.79 bits per heavy atom. The number of nitrogens with one attached hydrogen (secondary N) is 1. The summed E-state index contributed by atoms with van der Waals surface area (Å²) in [6.07, 6.45) is 2.54. The van der Waals surface area contributed by atoms with Crippen LogP contribution < -0.4 is 5.32 Å². The summed E-state index contributed by atoms with van der Waals surface area (Å²) in [7, 11) is 0. The van der Waals surface area contributed by atoms with Gasteiger partial charge >= 0.3 is 5.51 Å². The van der Waals surface area contributed by atoms with Crippen molar-refractivity contribution in [2.45, 2.75) is 35.8 Å². The first-order chi connectivity index (χ1) is 9.03. The molecule has 1 saturated carbocycles. The molecule has 6 heteroatoms. The first-order valence-electron chi connectivity index (χ1n) is 6.19. The van der Waals surface area contributed by atoms with Gasteiger partial charge in [-0.05, 0) is 30.5 Å². The maximum Gasteiger partial charge on any atom is 0.441 e. The Morgan fingerprint density at radius 1 is 1.11 bits per heavy atom. The Morgan fingerprint density at radius 3 is 2.37 bits per heavy atom. The fourth-order valence-electron chi connectivity index (χ4n) is 1.57. The molecule has 1 aromatic carbocycles. The first-order valence-corrected chi connectivity index (χ1v) is 8.16. The van der Waals surface area contributed by atoms with E-state index in [1.165, 1.54) is 30.2 Å². The standard InChI is InChI=1S/C13H16F3NS2/c14-13(15,16)19-8-7-18-12-5-1-10(2-6-12)9-17-11-3-4-11/h1-2,5-6,11,17H,3-4,7-9H2. The van der Waals surface area contributed by atoms with Crippen molar-refractivity contribution in [2.75, 3.05) is 11.5 Å². The summed E-state index contributed by atoms with van der Waals surface area (Å²) in [6, 6.07) is 8.72. The molecule has 1 nitrogen and oxygen atoms in total. The summed E-state index contributed by atoms with van der Waals surface area (Å²) >= 11 is 1.51. The fraction of sp³-hybridized carbons (Fsp3) is 0.538. The minimum Gasteiger partial charge on any atom is -0.310 e. The molecule has 1 aromatic rings. The molecule has 0 radical (unpaired) electrons. The summed E-state index contributed by atoms with van der Waals surface area (Å²) in [6.45, 7) is 0.875. The van der Waals surface area contributed by atoms with Gasteiger partial charge < -0.3 is 5.32 Å². The zero-order chi connectivity index (χ0) is 13.7. The van der Waals surface area contributed by atoms with Crippen LogP contribution in [0.25, 0.3) is 0 Å². The molecule has 0 atom stereocenters. The maximum absolute atomic E-state index is 11.9. The number of alkyl halides is 3. The van der Waals surface area contributed by atoms with E-state index < -0.39 is 5.51 Å². The lowest BCUT2D eigenvalue weighted by atomic mass is 10.2. The number of thioether (sulfide) groups is 2. The van der Waals surface area contributed by atoms with Crippen LogP contribution in [0.15, 0.2) is 29.2 Å². The van der Waals surface area contributed by atoms with Gasteiger partial charge in [0.05, 0.1) is 0 Å². The summed E-state index contributed by atoms with van der Waals surface area (Å²) in [5.74, 6) is 0.572. The van der Waals surface area contributed by atoms with Crippen molar-refractivity contribution < 1.29 is 13.2 Å². The average Bonchev–Trinajstić information content (AvgIpc) is 3.16. The van der Waals surface area contributed by atoms with Crippen LogP contribution in [0.2, 0.25) is 0 Å². The van der Waals surface area contributed by atoms with Crippen LogP contribution in [0, 0.1) is 0 Å². The normalized spacial score (nSPS) is 15.7. The molecule has 1 aliphatic carbocycles. The Labute approximate surface area is 119 Å². The predicted molar refractivity (Wildman–Crippen MR) is 75.5 cm³/mol. The van der Waals surface area contributed by atoms with E-state index in [1.54, 1.807) is 0 Å². The van der Waals surface area contributed by atoms with Crippen LogP contribution in [0.3, 0.4) is 0 Å². The molecule has 19 heavy (non-hydrogen) atoms. The molecule has 0 saturated heterocycles. The molecule has 0 spiro atoms. The van der Waals surface area contributed by atoms with Gasteiger partial charge in [-0.2, -0.15) is 13.2 Å². The Hall–Kier alpha value is -0.330. The van der Waals surface area contributed by atoms with Crippen LogP contribution >= 0.6 is 23.5 Å². The van der Waals surface area contributed by atoms with Gasteiger partial charge in [0, 0.05) is 29.0 Å². The lowest BCUT2D eigenvalue weighted by molar-refractivity contribution is -0.0326. The Kier molecular flexibility index (Phi) is 5.47. The lowest BCUT2D eigenvalue weighted by Crippen LogP contribution is -2.14. The minimum atomic E-state index is -4.11. The highest BCUT2D eigenvalue weighted by Crippen LogP contribution is 2.31.